The number of benzene rings is 1. The Labute approximate surface area is 173 Å². The van der Waals surface area contributed by atoms with Crippen LogP contribution in [0.25, 0.3) is 0 Å². The quantitative estimate of drug-likeness (QED) is 0.820. The lowest BCUT2D eigenvalue weighted by Crippen LogP contribution is -2.34. The van der Waals surface area contributed by atoms with Crippen molar-refractivity contribution in [3.8, 4) is 0 Å². The summed E-state index contributed by atoms with van der Waals surface area (Å²) >= 11 is 7.09. The maximum absolute atomic E-state index is 12.4. The summed E-state index contributed by atoms with van der Waals surface area (Å²) in [6.45, 7) is 3.88. The van der Waals surface area contributed by atoms with Crippen LogP contribution in [0.2, 0.25) is 4.34 Å². The van der Waals surface area contributed by atoms with E-state index >= 15 is 0 Å². The van der Waals surface area contributed by atoms with E-state index in [1.54, 1.807) is 17.0 Å². The van der Waals surface area contributed by atoms with Gasteiger partial charge in [0.15, 0.2) is 0 Å². The molecule has 0 aliphatic carbocycles. The van der Waals surface area contributed by atoms with E-state index in [2.05, 4.69) is 36.3 Å². The second kappa shape index (κ2) is 7.73. The van der Waals surface area contributed by atoms with Crippen molar-refractivity contribution in [3.63, 3.8) is 0 Å². The van der Waals surface area contributed by atoms with E-state index in [4.69, 9.17) is 16.3 Å². The first-order chi connectivity index (χ1) is 13.4. The second-order valence-corrected chi connectivity index (χ2v) is 8.93. The summed E-state index contributed by atoms with van der Waals surface area (Å²) in [4.78, 5) is 29.0. The molecule has 1 aromatic heterocycles. The SMILES string of the molecule is CC1c2ccc(N3C[C@H](CNC(=O)c4ccc(Cl)s4)OC3=O)cc2CCN1C. The van der Waals surface area contributed by atoms with Crippen LogP contribution < -0.4 is 10.2 Å². The Morgan fingerprint density at radius 3 is 2.93 bits per heavy atom. The number of anilines is 1. The van der Waals surface area contributed by atoms with Crippen LogP contribution in [-0.2, 0) is 11.2 Å². The van der Waals surface area contributed by atoms with Crippen LogP contribution in [0.5, 0.6) is 0 Å². The molecule has 2 atom stereocenters. The zero-order valence-electron chi connectivity index (χ0n) is 15.8. The minimum absolute atomic E-state index is 0.210. The Kier molecular flexibility index (Phi) is 5.31. The molecule has 0 radical (unpaired) electrons. The smallest absolute Gasteiger partial charge is 0.414 e. The van der Waals surface area contributed by atoms with Gasteiger partial charge in [-0.05, 0) is 55.8 Å². The highest BCUT2D eigenvalue weighted by molar-refractivity contribution is 7.17. The number of carbonyl (C=O) groups excluding carboxylic acids is 2. The van der Waals surface area contributed by atoms with E-state index in [1.165, 1.54) is 22.5 Å². The average Bonchev–Trinajstić information content (AvgIpc) is 3.28. The highest BCUT2D eigenvalue weighted by Crippen LogP contribution is 2.32. The lowest BCUT2D eigenvalue weighted by atomic mass is 9.93. The molecule has 2 aromatic rings. The van der Waals surface area contributed by atoms with E-state index in [0.29, 0.717) is 21.8 Å². The van der Waals surface area contributed by atoms with Crippen molar-refractivity contribution in [2.45, 2.75) is 25.5 Å². The highest BCUT2D eigenvalue weighted by atomic mass is 35.5. The third-order valence-electron chi connectivity index (χ3n) is 5.44. The summed E-state index contributed by atoms with van der Waals surface area (Å²) in [5.41, 5.74) is 3.44. The number of cyclic esters (lactones) is 1. The molecule has 2 aliphatic rings. The Hall–Kier alpha value is -2.09. The summed E-state index contributed by atoms with van der Waals surface area (Å²) in [5.74, 6) is -0.210. The van der Waals surface area contributed by atoms with Crippen molar-refractivity contribution in [3.05, 3.63) is 50.7 Å². The summed E-state index contributed by atoms with van der Waals surface area (Å²) < 4.78 is 6.01. The monoisotopic (exact) mass is 419 g/mol. The summed E-state index contributed by atoms with van der Waals surface area (Å²) in [5, 5.41) is 2.81. The van der Waals surface area contributed by atoms with Crippen LogP contribution >= 0.6 is 22.9 Å². The molecule has 28 heavy (non-hydrogen) atoms. The van der Waals surface area contributed by atoms with Crippen LogP contribution in [0.15, 0.2) is 30.3 Å². The number of carbonyl (C=O) groups is 2. The number of rotatable bonds is 4. The van der Waals surface area contributed by atoms with Gasteiger partial charge in [-0.15, -0.1) is 11.3 Å². The molecule has 0 bridgehead atoms. The molecule has 1 fully saturated rings. The van der Waals surface area contributed by atoms with Gasteiger partial charge in [-0.3, -0.25) is 14.6 Å². The summed E-state index contributed by atoms with van der Waals surface area (Å²) in [6, 6.07) is 9.91. The molecule has 1 saturated heterocycles. The molecule has 3 heterocycles. The van der Waals surface area contributed by atoms with Gasteiger partial charge >= 0.3 is 6.09 Å². The third-order valence-corrected chi connectivity index (χ3v) is 6.67. The molecule has 2 aliphatic heterocycles. The number of fused-ring (bicyclic) bond motifs is 1. The first kappa shape index (κ1) is 19.2. The topological polar surface area (TPSA) is 61.9 Å². The van der Waals surface area contributed by atoms with E-state index in [9.17, 15) is 9.59 Å². The molecule has 1 N–H and O–H groups in total. The average molecular weight is 420 g/mol. The van der Waals surface area contributed by atoms with Gasteiger partial charge < -0.3 is 10.1 Å². The molecule has 0 saturated carbocycles. The Morgan fingerprint density at radius 2 is 2.18 bits per heavy atom. The van der Waals surface area contributed by atoms with Crippen molar-refractivity contribution in [2.24, 2.45) is 0 Å². The van der Waals surface area contributed by atoms with Crippen LogP contribution in [-0.4, -0.2) is 49.7 Å². The maximum atomic E-state index is 12.4. The predicted molar refractivity (Wildman–Crippen MR) is 110 cm³/mol. The zero-order valence-corrected chi connectivity index (χ0v) is 17.3. The number of thiophene rings is 1. The van der Waals surface area contributed by atoms with Crippen molar-refractivity contribution in [1.29, 1.82) is 0 Å². The van der Waals surface area contributed by atoms with Gasteiger partial charge in [-0.2, -0.15) is 0 Å². The second-order valence-electron chi connectivity index (χ2n) is 7.22. The number of ether oxygens (including phenoxy) is 1. The number of hydrogen-bond acceptors (Lipinski definition) is 5. The van der Waals surface area contributed by atoms with Gasteiger partial charge in [0.1, 0.15) is 6.10 Å². The molecule has 8 heteroatoms. The zero-order chi connectivity index (χ0) is 19.8. The van der Waals surface area contributed by atoms with Gasteiger partial charge in [0.25, 0.3) is 5.91 Å². The predicted octanol–water partition coefficient (Wildman–Crippen LogP) is 3.71. The molecule has 2 amide bonds. The third kappa shape index (κ3) is 3.74. The van der Waals surface area contributed by atoms with E-state index in [-0.39, 0.29) is 24.6 Å². The van der Waals surface area contributed by atoms with Crippen LogP contribution in [0.1, 0.15) is 33.8 Å². The highest BCUT2D eigenvalue weighted by Gasteiger charge is 2.33. The molecule has 4 rings (SSSR count). The minimum atomic E-state index is -0.382. The Bertz CT molecular complexity index is 916. The van der Waals surface area contributed by atoms with Crippen LogP contribution in [0.4, 0.5) is 10.5 Å². The fourth-order valence-corrected chi connectivity index (χ4v) is 4.64. The van der Waals surface area contributed by atoms with Gasteiger partial charge in [-0.25, -0.2) is 4.79 Å². The number of nitrogens with one attached hydrogen (secondary N) is 1. The fourth-order valence-electron chi connectivity index (χ4n) is 3.68. The molecule has 148 valence electrons. The van der Waals surface area contributed by atoms with E-state index in [1.807, 2.05) is 6.07 Å². The van der Waals surface area contributed by atoms with Crippen molar-refractivity contribution in [2.75, 3.05) is 31.6 Å². The lowest BCUT2D eigenvalue weighted by Gasteiger charge is -2.32. The number of nitrogens with zero attached hydrogens (tertiary/aromatic N) is 2. The molecule has 6 nitrogen and oxygen atoms in total. The lowest BCUT2D eigenvalue weighted by molar-refractivity contribution is 0.0920. The minimum Gasteiger partial charge on any atom is -0.442 e. The van der Waals surface area contributed by atoms with Crippen molar-refractivity contribution < 1.29 is 14.3 Å². The van der Waals surface area contributed by atoms with Gasteiger partial charge in [0, 0.05) is 18.3 Å². The maximum Gasteiger partial charge on any atom is 0.414 e. The molecule has 1 unspecified atom stereocenters. The molecular formula is C20H22ClN3O3S. The fraction of sp³-hybridized carbons (Fsp3) is 0.400. The van der Waals surface area contributed by atoms with Gasteiger partial charge in [0.05, 0.1) is 22.3 Å². The van der Waals surface area contributed by atoms with Crippen molar-refractivity contribution >= 4 is 40.6 Å². The van der Waals surface area contributed by atoms with Crippen LogP contribution in [0.3, 0.4) is 0 Å². The first-order valence-electron chi connectivity index (χ1n) is 9.27. The molecular weight excluding hydrogens is 398 g/mol. The molecule has 0 spiro atoms. The summed E-state index contributed by atoms with van der Waals surface area (Å²) in [6.07, 6.45) is 0.211. The summed E-state index contributed by atoms with van der Waals surface area (Å²) in [7, 11) is 2.13. The van der Waals surface area contributed by atoms with E-state index in [0.717, 1.165) is 18.7 Å². The number of halogens is 1. The van der Waals surface area contributed by atoms with Crippen LogP contribution in [0, 0.1) is 0 Å². The first-order valence-corrected chi connectivity index (χ1v) is 10.5. The largest absolute Gasteiger partial charge is 0.442 e. The molecule has 1 aromatic carbocycles. The number of hydrogen-bond donors (Lipinski definition) is 1. The number of likely N-dealkylation sites (N-methyl/N-ethyl adjacent to an activating group) is 1. The Balaban J connectivity index is 1.40. The number of amides is 2. The standard InChI is InChI=1S/C20H22ClN3O3S/c1-12-16-4-3-14(9-13(16)7-8-23(12)2)24-11-15(27-20(24)26)10-22-19(25)17-5-6-18(21)28-17/h3-6,9,12,15H,7-8,10-11H2,1-2H3,(H,22,25)/t12?,15-/m0/s1. The Morgan fingerprint density at radius 1 is 1.36 bits per heavy atom. The van der Waals surface area contributed by atoms with Crippen molar-refractivity contribution in [1.82, 2.24) is 10.2 Å². The van der Waals surface area contributed by atoms with E-state index < -0.39 is 0 Å². The van der Waals surface area contributed by atoms with Gasteiger partial charge in [-0.1, -0.05) is 17.7 Å². The van der Waals surface area contributed by atoms with Gasteiger partial charge in [0.2, 0.25) is 0 Å². The normalized spacial score (nSPS) is 22.1.